The zero-order valence-electron chi connectivity index (χ0n) is 19.9. The Kier molecular flexibility index (Phi) is 6.55. The van der Waals surface area contributed by atoms with Gasteiger partial charge in [0.2, 0.25) is 0 Å². The number of nitrogens with zero attached hydrogens (tertiary/aromatic N) is 4. The third-order valence-corrected chi connectivity index (χ3v) is 7.17. The second kappa shape index (κ2) is 10.3. The topological polar surface area (TPSA) is 62.5 Å². The monoisotopic (exact) mass is 616 g/mol. The van der Waals surface area contributed by atoms with Crippen LogP contribution in [0.3, 0.4) is 0 Å². The fourth-order valence-electron chi connectivity index (χ4n) is 4.32. The van der Waals surface area contributed by atoms with E-state index >= 15 is 0 Å². The summed E-state index contributed by atoms with van der Waals surface area (Å²) < 4.78 is 1.87. The Morgan fingerprint density at radius 2 is 0.974 bits per heavy atom. The van der Waals surface area contributed by atoms with Crippen LogP contribution in [-0.2, 0) is 0 Å². The summed E-state index contributed by atoms with van der Waals surface area (Å²) >= 11 is 7.17. The minimum atomic E-state index is 0.594. The van der Waals surface area contributed by atoms with Gasteiger partial charge < -0.3 is 0 Å². The lowest BCUT2D eigenvalue weighted by Crippen LogP contribution is -2.00. The molecule has 6 rings (SSSR count). The molecule has 0 saturated heterocycles. The molecule has 0 amide bonds. The fourth-order valence-corrected chi connectivity index (χ4v) is 5.62. The van der Waals surface area contributed by atoms with E-state index in [1.165, 1.54) is 5.39 Å². The maximum atomic E-state index is 9.08. The van der Waals surface area contributed by atoms with Crippen molar-refractivity contribution in [1.29, 1.82) is 5.26 Å². The number of fused-ring (bicyclic) bond motifs is 1. The fraction of sp³-hybridized carbons (Fsp3) is 0. The van der Waals surface area contributed by atoms with Crippen molar-refractivity contribution in [3.63, 3.8) is 0 Å². The minimum Gasteiger partial charge on any atom is -0.208 e. The summed E-state index contributed by atoms with van der Waals surface area (Å²) in [4.78, 5) is 14.6. The van der Waals surface area contributed by atoms with Gasteiger partial charge >= 0.3 is 0 Å². The van der Waals surface area contributed by atoms with Gasteiger partial charge in [0.15, 0.2) is 17.5 Å². The Labute approximate surface area is 236 Å². The van der Waals surface area contributed by atoms with Crippen molar-refractivity contribution in [3.05, 3.63) is 124 Å². The van der Waals surface area contributed by atoms with Crippen LogP contribution in [0, 0.1) is 11.3 Å². The molecule has 0 aliphatic rings. The van der Waals surface area contributed by atoms with Crippen molar-refractivity contribution in [1.82, 2.24) is 15.0 Å². The summed E-state index contributed by atoms with van der Waals surface area (Å²) in [6.45, 7) is 0. The normalized spacial score (nSPS) is 10.9. The third-order valence-electron chi connectivity index (χ3n) is 6.25. The molecule has 1 heterocycles. The first-order valence-electron chi connectivity index (χ1n) is 11.9. The summed E-state index contributed by atoms with van der Waals surface area (Å²) in [5.41, 5.74) is 5.44. The molecule has 180 valence electrons. The van der Waals surface area contributed by atoms with Crippen LogP contribution in [0.2, 0.25) is 0 Å². The highest BCUT2D eigenvalue weighted by Gasteiger charge is 2.14. The van der Waals surface area contributed by atoms with Gasteiger partial charge in [0.05, 0.1) is 11.6 Å². The highest BCUT2D eigenvalue weighted by Crippen LogP contribution is 2.31. The Balaban J connectivity index is 1.47. The lowest BCUT2D eigenvalue weighted by molar-refractivity contribution is 1.07. The van der Waals surface area contributed by atoms with Gasteiger partial charge in [-0.25, -0.2) is 15.0 Å². The molecule has 0 N–H and O–H groups in total. The van der Waals surface area contributed by atoms with E-state index in [0.717, 1.165) is 42.1 Å². The van der Waals surface area contributed by atoms with E-state index in [0.29, 0.717) is 23.0 Å². The first-order chi connectivity index (χ1) is 18.6. The van der Waals surface area contributed by atoms with Crippen molar-refractivity contribution in [2.24, 2.45) is 0 Å². The molecule has 0 fully saturated rings. The van der Waals surface area contributed by atoms with Gasteiger partial charge in [0.1, 0.15) is 0 Å². The lowest BCUT2D eigenvalue weighted by atomic mass is 10.0. The largest absolute Gasteiger partial charge is 0.208 e. The van der Waals surface area contributed by atoms with Gasteiger partial charge in [0.25, 0.3) is 0 Å². The van der Waals surface area contributed by atoms with Crippen molar-refractivity contribution in [2.75, 3.05) is 0 Å². The Hall–Kier alpha value is -4.18. The standard InChI is InChI=1S/C32H18Br2N4/c33-28-16-27(17-29(34)18-28)32-37-30(24-12-9-23(10-13-24)22-7-5-20(19-35)6-8-22)36-31(38-32)26-14-11-21-3-1-2-4-25(21)15-26/h1-18H. The average Bonchev–Trinajstić information content (AvgIpc) is 2.96. The number of rotatable bonds is 4. The molecule has 0 spiro atoms. The zero-order valence-corrected chi connectivity index (χ0v) is 23.1. The molecule has 1 aromatic heterocycles. The molecule has 0 aliphatic heterocycles. The summed E-state index contributed by atoms with van der Waals surface area (Å²) in [6.07, 6.45) is 0. The lowest BCUT2D eigenvalue weighted by Gasteiger charge is -2.10. The van der Waals surface area contributed by atoms with E-state index in [1.54, 1.807) is 0 Å². The molecule has 38 heavy (non-hydrogen) atoms. The highest BCUT2D eigenvalue weighted by molar-refractivity contribution is 9.11. The second-order valence-corrected chi connectivity index (χ2v) is 10.6. The SMILES string of the molecule is N#Cc1ccc(-c2ccc(-c3nc(-c4cc(Br)cc(Br)c4)nc(-c4ccc5ccccc5c4)n3)cc2)cc1. The number of hydrogen-bond donors (Lipinski definition) is 0. The van der Waals surface area contributed by atoms with Gasteiger partial charge in [-0.3, -0.25) is 0 Å². The van der Waals surface area contributed by atoms with Crippen LogP contribution in [0.5, 0.6) is 0 Å². The van der Waals surface area contributed by atoms with Gasteiger partial charge in [-0.05, 0) is 58.3 Å². The minimum absolute atomic E-state index is 0.594. The van der Waals surface area contributed by atoms with Crippen LogP contribution in [0.25, 0.3) is 56.1 Å². The molecule has 0 bridgehead atoms. The molecular formula is C32H18Br2N4. The number of hydrogen-bond acceptors (Lipinski definition) is 4. The number of aromatic nitrogens is 3. The summed E-state index contributed by atoms with van der Waals surface area (Å²) in [7, 11) is 0. The molecule has 0 atom stereocenters. The van der Waals surface area contributed by atoms with E-state index in [1.807, 2.05) is 78.9 Å². The Bertz CT molecular complexity index is 1820. The molecule has 4 nitrogen and oxygen atoms in total. The summed E-state index contributed by atoms with van der Waals surface area (Å²) in [5.74, 6) is 1.81. The van der Waals surface area contributed by atoms with Crippen LogP contribution in [0.1, 0.15) is 5.56 Å². The molecule has 0 unspecified atom stereocenters. The van der Waals surface area contributed by atoms with Gasteiger partial charge in [-0.15, -0.1) is 0 Å². The van der Waals surface area contributed by atoms with Gasteiger partial charge in [-0.2, -0.15) is 5.26 Å². The first-order valence-corrected chi connectivity index (χ1v) is 13.5. The van der Waals surface area contributed by atoms with Crippen LogP contribution < -0.4 is 0 Å². The molecule has 6 heteroatoms. The maximum Gasteiger partial charge on any atom is 0.164 e. The number of nitriles is 1. The highest BCUT2D eigenvalue weighted by atomic mass is 79.9. The molecular weight excluding hydrogens is 600 g/mol. The summed E-state index contributed by atoms with van der Waals surface area (Å²) in [5, 5.41) is 11.4. The first kappa shape index (κ1) is 24.2. The smallest absolute Gasteiger partial charge is 0.164 e. The van der Waals surface area contributed by atoms with E-state index in [-0.39, 0.29) is 0 Å². The predicted molar refractivity (Wildman–Crippen MR) is 159 cm³/mol. The quantitative estimate of drug-likeness (QED) is 0.198. The molecule has 0 aliphatic carbocycles. The third kappa shape index (κ3) is 4.99. The van der Waals surface area contributed by atoms with Crippen molar-refractivity contribution in [3.8, 4) is 51.4 Å². The molecule has 0 radical (unpaired) electrons. The van der Waals surface area contributed by atoms with Gasteiger partial charge in [0, 0.05) is 25.6 Å². The van der Waals surface area contributed by atoms with Crippen LogP contribution in [-0.4, -0.2) is 15.0 Å². The van der Waals surface area contributed by atoms with Crippen LogP contribution >= 0.6 is 31.9 Å². The Morgan fingerprint density at radius 1 is 0.474 bits per heavy atom. The van der Waals surface area contributed by atoms with Gasteiger partial charge in [-0.1, -0.05) is 105 Å². The second-order valence-electron chi connectivity index (χ2n) is 8.79. The molecule has 5 aromatic carbocycles. The van der Waals surface area contributed by atoms with Crippen molar-refractivity contribution < 1.29 is 0 Å². The van der Waals surface area contributed by atoms with Crippen molar-refractivity contribution in [2.45, 2.75) is 0 Å². The van der Waals surface area contributed by atoms with E-state index in [2.05, 4.69) is 68.3 Å². The van der Waals surface area contributed by atoms with E-state index in [9.17, 15) is 0 Å². The van der Waals surface area contributed by atoms with Crippen molar-refractivity contribution >= 4 is 42.6 Å². The number of benzene rings is 5. The molecule has 6 aromatic rings. The number of halogens is 2. The predicted octanol–water partition coefficient (Wildman–Crippen LogP) is 9.09. The zero-order chi connectivity index (χ0) is 26.1. The van der Waals surface area contributed by atoms with Crippen LogP contribution in [0.15, 0.2) is 118 Å². The van der Waals surface area contributed by atoms with E-state index in [4.69, 9.17) is 20.2 Å². The Morgan fingerprint density at radius 3 is 1.61 bits per heavy atom. The maximum absolute atomic E-state index is 9.08. The molecule has 0 saturated carbocycles. The average molecular weight is 618 g/mol. The van der Waals surface area contributed by atoms with E-state index < -0.39 is 0 Å². The summed E-state index contributed by atoms with van der Waals surface area (Å²) in [6, 6.07) is 38.4. The van der Waals surface area contributed by atoms with Crippen LogP contribution in [0.4, 0.5) is 0 Å².